The van der Waals surface area contributed by atoms with Gasteiger partial charge in [-0.1, -0.05) is 23.7 Å². The molecule has 3 aromatic rings. The minimum atomic E-state index is -0.122. The van der Waals surface area contributed by atoms with E-state index < -0.39 is 0 Å². The van der Waals surface area contributed by atoms with Crippen molar-refractivity contribution in [3.05, 3.63) is 47.0 Å². The van der Waals surface area contributed by atoms with E-state index >= 15 is 0 Å². The fraction of sp³-hybridized carbons (Fsp3) is 0.125. The Morgan fingerprint density at radius 3 is 2.76 bits per heavy atom. The van der Waals surface area contributed by atoms with Gasteiger partial charge in [-0.25, -0.2) is 4.98 Å². The number of carbonyl (C=O) groups excluding carboxylic acids is 1. The molecule has 1 heterocycles. The molecule has 4 nitrogen and oxygen atoms in total. The Labute approximate surface area is 126 Å². The van der Waals surface area contributed by atoms with Gasteiger partial charge in [-0.15, -0.1) is 0 Å². The van der Waals surface area contributed by atoms with Crippen molar-refractivity contribution in [3.63, 3.8) is 0 Å². The van der Waals surface area contributed by atoms with Crippen LogP contribution in [-0.4, -0.2) is 10.9 Å². The molecular formula is C16H13ClN2O2. The summed E-state index contributed by atoms with van der Waals surface area (Å²) in [5, 5.41) is 3.34. The fourth-order valence-corrected chi connectivity index (χ4v) is 2.44. The monoisotopic (exact) mass is 300 g/mol. The molecule has 3 rings (SSSR count). The molecule has 2 aromatic carbocycles. The number of hydrogen-bond donors (Lipinski definition) is 1. The van der Waals surface area contributed by atoms with Crippen LogP contribution in [0, 0.1) is 6.92 Å². The molecule has 0 unspecified atom stereocenters. The first-order valence-electron chi connectivity index (χ1n) is 6.48. The highest BCUT2D eigenvalue weighted by molar-refractivity contribution is 6.33. The number of rotatable bonds is 2. The maximum absolute atomic E-state index is 11.2. The van der Waals surface area contributed by atoms with Gasteiger partial charge in [-0.3, -0.25) is 4.79 Å². The van der Waals surface area contributed by atoms with Gasteiger partial charge >= 0.3 is 0 Å². The fourth-order valence-electron chi connectivity index (χ4n) is 2.23. The molecule has 106 valence electrons. The van der Waals surface area contributed by atoms with Crippen molar-refractivity contribution < 1.29 is 9.21 Å². The molecular weight excluding hydrogens is 288 g/mol. The van der Waals surface area contributed by atoms with Gasteiger partial charge in [0.2, 0.25) is 11.8 Å². The van der Waals surface area contributed by atoms with Crippen molar-refractivity contribution in [3.8, 4) is 11.5 Å². The minimum absolute atomic E-state index is 0.122. The van der Waals surface area contributed by atoms with Crippen molar-refractivity contribution in [2.45, 2.75) is 13.8 Å². The van der Waals surface area contributed by atoms with Crippen LogP contribution in [0.4, 0.5) is 5.69 Å². The van der Waals surface area contributed by atoms with E-state index in [4.69, 9.17) is 16.0 Å². The highest BCUT2D eigenvalue weighted by Gasteiger charge is 2.13. The largest absolute Gasteiger partial charge is 0.436 e. The zero-order valence-electron chi connectivity index (χ0n) is 11.6. The van der Waals surface area contributed by atoms with Gasteiger partial charge < -0.3 is 9.73 Å². The van der Waals surface area contributed by atoms with Crippen LogP contribution in [0.5, 0.6) is 0 Å². The van der Waals surface area contributed by atoms with E-state index in [0.717, 1.165) is 11.1 Å². The van der Waals surface area contributed by atoms with Crippen LogP contribution in [0.3, 0.4) is 0 Å². The molecule has 0 aliphatic heterocycles. The lowest BCUT2D eigenvalue weighted by molar-refractivity contribution is -0.114. The van der Waals surface area contributed by atoms with Gasteiger partial charge in [0.15, 0.2) is 5.58 Å². The van der Waals surface area contributed by atoms with E-state index in [1.807, 2.05) is 31.2 Å². The summed E-state index contributed by atoms with van der Waals surface area (Å²) in [4.78, 5) is 15.6. The number of amides is 1. The Morgan fingerprint density at radius 2 is 2.05 bits per heavy atom. The first-order chi connectivity index (χ1) is 10.0. The van der Waals surface area contributed by atoms with Gasteiger partial charge in [0.1, 0.15) is 5.52 Å². The summed E-state index contributed by atoms with van der Waals surface area (Å²) in [6.45, 7) is 3.38. The number of halogens is 1. The summed E-state index contributed by atoms with van der Waals surface area (Å²) in [5.41, 5.74) is 3.73. The van der Waals surface area contributed by atoms with E-state index in [1.54, 1.807) is 12.1 Å². The van der Waals surface area contributed by atoms with Crippen molar-refractivity contribution in [1.82, 2.24) is 4.98 Å². The molecule has 1 amide bonds. The molecule has 0 aliphatic rings. The molecule has 5 heteroatoms. The first kappa shape index (κ1) is 13.6. The van der Waals surface area contributed by atoms with Crippen molar-refractivity contribution in [2.24, 2.45) is 0 Å². The van der Waals surface area contributed by atoms with Crippen LogP contribution in [-0.2, 0) is 4.79 Å². The standard InChI is InChI=1S/C16H13ClN2O2/c1-9-7-11(18-10(2)20)8-14-15(9)21-16(19-14)12-5-3-4-6-13(12)17/h3-8H,1-2H3,(H,18,20). The Balaban J connectivity index is 2.14. The molecule has 0 bridgehead atoms. The number of oxazole rings is 1. The molecule has 0 atom stereocenters. The average molecular weight is 301 g/mol. The van der Waals surface area contributed by atoms with E-state index in [1.165, 1.54) is 6.92 Å². The smallest absolute Gasteiger partial charge is 0.228 e. The Hall–Kier alpha value is -2.33. The van der Waals surface area contributed by atoms with Crippen molar-refractivity contribution in [1.29, 1.82) is 0 Å². The second-order valence-corrected chi connectivity index (χ2v) is 5.23. The van der Waals surface area contributed by atoms with Crippen LogP contribution >= 0.6 is 11.6 Å². The van der Waals surface area contributed by atoms with E-state index in [-0.39, 0.29) is 5.91 Å². The Bertz CT molecular complexity index is 839. The Kier molecular flexibility index (Phi) is 3.39. The second-order valence-electron chi connectivity index (χ2n) is 4.82. The molecule has 0 aliphatic carbocycles. The lowest BCUT2D eigenvalue weighted by atomic mass is 10.2. The van der Waals surface area contributed by atoms with Crippen LogP contribution in [0.15, 0.2) is 40.8 Å². The third-order valence-corrected chi connectivity index (χ3v) is 3.43. The van der Waals surface area contributed by atoms with Crippen LogP contribution in [0.2, 0.25) is 5.02 Å². The summed E-state index contributed by atoms with van der Waals surface area (Å²) < 4.78 is 5.82. The second kappa shape index (κ2) is 5.22. The molecule has 21 heavy (non-hydrogen) atoms. The lowest BCUT2D eigenvalue weighted by Gasteiger charge is -2.02. The third kappa shape index (κ3) is 2.62. The summed E-state index contributed by atoms with van der Waals surface area (Å²) in [6, 6.07) is 11.0. The number of nitrogens with zero attached hydrogens (tertiary/aromatic N) is 1. The minimum Gasteiger partial charge on any atom is -0.436 e. The molecule has 0 radical (unpaired) electrons. The van der Waals surface area contributed by atoms with Crippen LogP contribution < -0.4 is 5.32 Å². The van der Waals surface area contributed by atoms with Crippen LogP contribution in [0.1, 0.15) is 12.5 Å². The summed E-state index contributed by atoms with van der Waals surface area (Å²) in [5.74, 6) is 0.349. The number of fused-ring (bicyclic) bond motifs is 1. The van der Waals surface area contributed by atoms with Gasteiger partial charge in [-0.05, 0) is 36.8 Å². The number of hydrogen-bond acceptors (Lipinski definition) is 3. The van der Waals surface area contributed by atoms with Crippen molar-refractivity contribution >= 4 is 34.3 Å². The SMILES string of the molecule is CC(=O)Nc1cc(C)c2oc(-c3ccccc3Cl)nc2c1. The molecule has 0 fully saturated rings. The summed E-state index contributed by atoms with van der Waals surface area (Å²) in [6.07, 6.45) is 0. The number of aryl methyl sites for hydroxylation is 1. The number of anilines is 1. The summed E-state index contributed by atoms with van der Waals surface area (Å²) >= 11 is 6.17. The van der Waals surface area contributed by atoms with E-state index in [9.17, 15) is 4.79 Å². The third-order valence-electron chi connectivity index (χ3n) is 3.10. The maximum Gasteiger partial charge on any atom is 0.228 e. The highest BCUT2D eigenvalue weighted by Crippen LogP contribution is 2.32. The molecule has 1 N–H and O–H groups in total. The molecule has 0 spiro atoms. The topological polar surface area (TPSA) is 55.1 Å². The Morgan fingerprint density at radius 1 is 1.29 bits per heavy atom. The first-order valence-corrected chi connectivity index (χ1v) is 6.86. The van der Waals surface area contributed by atoms with Crippen LogP contribution in [0.25, 0.3) is 22.6 Å². The highest BCUT2D eigenvalue weighted by atomic mass is 35.5. The quantitative estimate of drug-likeness (QED) is 0.762. The predicted molar refractivity (Wildman–Crippen MR) is 83.5 cm³/mol. The number of carbonyl (C=O) groups is 1. The summed E-state index contributed by atoms with van der Waals surface area (Å²) in [7, 11) is 0. The van der Waals surface area contributed by atoms with Gasteiger partial charge in [0, 0.05) is 12.6 Å². The zero-order chi connectivity index (χ0) is 15.0. The predicted octanol–water partition coefficient (Wildman–Crippen LogP) is 4.42. The number of benzene rings is 2. The maximum atomic E-state index is 11.2. The molecule has 0 saturated heterocycles. The lowest BCUT2D eigenvalue weighted by Crippen LogP contribution is -2.05. The number of nitrogens with one attached hydrogen (secondary N) is 1. The average Bonchev–Trinajstić information content (AvgIpc) is 2.82. The van der Waals surface area contributed by atoms with Crippen molar-refractivity contribution in [2.75, 3.05) is 5.32 Å². The molecule has 0 saturated carbocycles. The molecule has 1 aromatic heterocycles. The normalized spacial score (nSPS) is 10.8. The van der Waals surface area contributed by atoms with E-state index in [0.29, 0.717) is 27.7 Å². The van der Waals surface area contributed by atoms with Gasteiger partial charge in [-0.2, -0.15) is 0 Å². The number of aromatic nitrogens is 1. The van der Waals surface area contributed by atoms with Gasteiger partial charge in [0.25, 0.3) is 0 Å². The van der Waals surface area contributed by atoms with E-state index in [2.05, 4.69) is 10.3 Å². The zero-order valence-corrected chi connectivity index (χ0v) is 12.4. The van der Waals surface area contributed by atoms with Gasteiger partial charge in [0.05, 0.1) is 10.6 Å².